The molecule has 3 heterocycles. The van der Waals surface area contributed by atoms with Crippen molar-refractivity contribution in [3.63, 3.8) is 0 Å². The van der Waals surface area contributed by atoms with Gasteiger partial charge in [0.15, 0.2) is 0 Å². The van der Waals surface area contributed by atoms with Crippen LogP contribution in [0.5, 0.6) is 0 Å². The molecule has 0 radical (unpaired) electrons. The van der Waals surface area contributed by atoms with Crippen LogP contribution in [-0.2, 0) is 20.6 Å². The fourth-order valence-corrected chi connectivity index (χ4v) is 3.78. The van der Waals surface area contributed by atoms with Crippen LogP contribution in [0.4, 0.5) is 0 Å². The number of hydrogen-bond acceptors (Lipinski definition) is 7. The third-order valence-corrected chi connectivity index (χ3v) is 5.34. The maximum atomic E-state index is 10.5. The summed E-state index contributed by atoms with van der Waals surface area (Å²) in [5.74, 6) is 6.36. The average Bonchev–Trinajstić information content (AvgIpc) is 2.77. The van der Waals surface area contributed by atoms with Crippen molar-refractivity contribution in [2.75, 3.05) is 33.0 Å². The highest BCUT2D eigenvalue weighted by Crippen LogP contribution is 2.33. The lowest BCUT2D eigenvalue weighted by Crippen LogP contribution is -2.41. The summed E-state index contributed by atoms with van der Waals surface area (Å²) in [5, 5.41) is 20.3. The molecule has 0 aliphatic carbocycles. The van der Waals surface area contributed by atoms with Crippen molar-refractivity contribution in [2.24, 2.45) is 4.99 Å². The van der Waals surface area contributed by atoms with E-state index in [9.17, 15) is 10.2 Å². The van der Waals surface area contributed by atoms with Gasteiger partial charge in [0.25, 0.3) is 0 Å². The van der Waals surface area contributed by atoms with E-state index in [-0.39, 0.29) is 6.10 Å². The van der Waals surface area contributed by atoms with E-state index in [0.29, 0.717) is 45.3 Å². The van der Waals surface area contributed by atoms with E-state index < -0.39 is 12.5 Å². The van der Waals surface area contributed by atoms with Crippen molar-refractivity contribution in [1.82, 2.24) is 4.90 Å². The van der Waals surface area contributed by atoms with Crippen molar-refractivity contribution >= 4 is 11.6 Å². The molecule has 0 amide bonds. The van der Waals surface area contributed by atoms with Crippen molar-refractivity contribution < 1.29 is 24.4 Å². The first-order valence-corrected chi connectivity index (χ1v) is 10.5. The molecule has 1 aromatic rings. The Kier molecular flexibility index (Phi) is 6.70. The molecule has 4 rings (SSSR count). The standard InChI is InChI=1S/C23H28N2O5/c1-2-3-18(26)6-4-16-5-7-20-17(12-16)8-9-25-21(20)13-22(24-23(25)27)30-15-19-14-28-10-11-29-19/h5,7,12-13,18-19,23,26-27H,2-3,8-11,14-15H2,1H3. The molecule has 7 nitrogen and oxygen atoms in total. The Labute approximate surface area is 177 Å². The highest BCUT2D eigenvalue weighted by Gasteiger charge is 2.30. The highest BCUT2D eigenvalue weighted by molar-refractivity contribution is 5.97. The SMILES string of the molecule is CCCC(O)C#Cc1ccc2c(c1)CCN1C2=CC(OCC2COCCO2)=NC1O. The smallest absolute Gasteiger partial charge is 0.229 e. The number of rotatable bonds is 4. The van der Waals surface area contributed by atoms with Crippen molar-refractivity contribution in [3.8, 4) is 11.8 Å². The summed E-state index contributed by atoms with van der Waals surface area (Å²) < 4.78 is 16.8. The molecule has 1 saturated heterocycles. The molecule has 1 aromatic carbocycles. The topological polar surface area (TPSA) is 83.8 Å². The number of aliphatic hydroxyl groups excluding tert-OH is 2. The Morgan fingerprint density at radius 2 is 2.27 bits per heavy atom. The Morgan fingerprint density at radius 1 is 1.37 bits per heavy atom. The molecular formula is C23H28N2O5. The van der Waals surface area contributed by atoms with E-state index >= 15 is 0 Å². The molecule has 0 bridgehead atoms. The van der Waals surface area contributed by atoms with Crippen LogP contribution in [0.15, 0.2) is 29.3 Å². The fourth-order valence-electron chi connectivity index (χ4n) is 3.78. The summed E-state index contributed by atoms with van der Waals surface area (Å²) in [6.07, 6.45) is 2.54. The molecule has 0 saturated carbocycles. The van der Waals surface area contributed by atoms with Gasteiger partial charge in [0, 0.05) is 23.7 Å². The summed E-state index contributed by atoms with van der Waals surface area (Å²) >= 11 is 0. The lowest BCUT2D eigenvalue weighted by Gasteiger charge is -2.37. The molecular weight excluding hydrogens is 384 g/mol. The minimum atomic E-state index is -0.972. The van der Waals surface area contributed by atoms with Gasteiger partial charge in [0.1, 0.15) is 18.8 Å². The number of benzene rings is 1. The summed E-state index contributed by atoms with van der Waals surface area (Å²) in [7, 11) is 0. The second kappa shape index (κ2) is 9.63. The fraction of sp³-hybridized carbons (Fsp3) is 0.522. The van der Waals surface area contributed by atoms with Crippen LogP contribution in [-0.4, -0.2) is 72.5 Å². The summed E-state index contributed by atoms with van der Waals surface area (Å²) in [6, 6.07) is 6.02. The van der Waals surface area contributed by atoms with Crippen LogP contribution in [0.1, 0.15) is 36.5 Å². The first kappa shape index (κ1) is 20.9. The van der Waals surface area contributed by atoms with Crippen LogP contribution in [0.2, 0.25) is 0 Å². The summed E-state index contributed by atoms with van der Waals surface area (Å²) in [5.41, 5.74) is 3.97. The number of nitrogens with zero attached hydrogens (tertiary/aromatic N) is 2. The van der Waals surface area contributed by atoms with Gasteiger partial charge in [-0.25, -0.2) is 0 Å². The largest absolute Gasteiger partial charge is 0.475 e. The molecule has 3 atom stereocenters. The lowest BCUT2D eigenvalue weighted by molar-refractivity contribution is -0.103. The lowest BCUT2D eigenvalue weighted by atomic mass is 9.93. The van der Waals surface area contributed by atoms with Gasteiger partial charge in [0.2, 0.25) is 12.2 Å². The van der Waals surface area contributed by atoms with Gasteiger partial charge >= 0.3 is 0 Å². The zero-order valence-corrected chi connectivity index (χ0v) is 17.2. The normalized spacial score (nSPS) is 23.9. The van der Waals surface area contributed by atoms with Crippen LogP contribution >= 0.6 is 0 Å². The molecule has 160 valence electrons. The molecule has 3 aliphatic heterocycles. The molecule has 30 heavy (non-hydrogen) atoms. The van der Waals surface area contributed by atoms with E-state index in [1.165, 1.54) is 0 Å². The predicted molar refractivity (Wildman–Crippen MR) is 113 cm³/mol. The minimum absolute atomic E-state index is 0.127. The maximum Gasteiger partial charge on any atom is 0.229 e. The van der Waals surface area contributed by atoms with E-state index in [2.05, 4.69) is 22.9 Å². The molecule has 1 fully saturated rings. The van der Waals surface area contributed by atoms with Crippen LogP contribution < -0.4 is 0 Å². The zero-order valence-electron chi connectivity index (χ0n) is 17.2. The molecule has 7 heteroatoms. The van der Waals surface area contributed by atoms with Crippen LogP contribution in [0.3, 0.4) is 0 Å². The Bertz CT molecular complexity index is 879. The third kappa shape index (κ3) is 4.85. The van der Waals surface area contributed by atoms with Crippen molar-refractivity contribution in [1.29, 1.82) is 0 Å². The van der Waals surface area contributed by atoms with Crippen LogP contribution in [0, 0.1) is 11.8 Å². The number of aliphatic imine (C=N–C) groups is 1. The van der Waals surface area contributed by atoms with Gasteiger partial charge in [-0.15, -0.1) is 0 Å². The number of fused-ring (bicyclic) bond motifs is 3. The molecule has 3 unspecified atom stereocenters. The predicted octanol–water partition coefficient (Wildman–Crippen LogP) is 1.52. The van der Waals surface area contributed by atoms with E-state index in [1.807, 2.05) is 30.0 Å². The average molecular weight is 412 g/mol. The Morgan fingerprint density at radius 3 is 3.07 bits per heavy atom. The van der Waals surface area contributed by atoms with Crippen molar-refractivity contribution in [2.45, 2.75) is 44.7 Å². The Hall–Kier alpha value is -2.37. The Balaban J connectivity index is 1.50. The van der Waals surface area contributed by atoms with E-state index in [0.717, 1.165) is 35.2 Å². The van der Waals surface area contributed by atoms with E-state index in [4.69, 9.17) is 14.2 Å². The quantitative estimate of drug-likeness (QED) is 0.730. The van der Waals surface area contributed by atoms with Gasteiger partial charge < -0.3 is 29.3 Å². The minimum Gasteiger partial charge on any atom is -0.475 e. The van der Waals surface area contributed by atoms with Gasteiger partial charge in [-0.2, -0.15) is 4.99 Å². The summed E-state index contributed by atoms with van der Waals surface area (Å²) in [6.45, 7) is 4.68. The first-order valence-electron chi connectivity index (χ1n) is 10.5. The monoisotopic (exact) mass is 412 g/mol. The van der Waals surface area contributed by atoms with Gasteiger partial charge in [-0.1, -0.05) is 31.3 Å². The number of aliphatic hydroxyl groups is 2. The third-order valence-electron chi connectivity index (χ3n) is 5.34. The number of ether oxygens (including phenoxy) is 3. The zero-order chi connectivity index (χ0) is 20.9. The maximum absolute atomic E-state index is 10.5. The van der Waals surface area contributed by atoms with E-state index in [1.54, 1.807) is 0 Å². The first-order chi connectivity index (χ1) is 14.6. The molecule has 0 aromatic heterocycles. The van der Waals surface area contributed by atoms with Gasteiger partial charge in [-0.05, 0) is 30.5 Å². The van der Waals surface area contributed by atoms with Gasteiger partial charge in [-0.3, -0.25) is 0 Å². The second-order valence-electron chi connectivity index (χ2n) is 7.61. The molecule has 3 aliphatic rings. The summed E-state index contributed by atoms with van der Waals surface area (Å²) in [4.78, 5) is 6.13. The molecule has 2 N–H and O–H groups in total. The van der Waals surface area contributed by atoms with Crippen molar-refractivity contribution in [3.05, 3.63) is 41.0 Å². The second-order valence-corrected chi connectivity index (χ2v) is 7.61. The van der Waals surface area contributed by atoms with Gasteiger partial charge in [0.05, 0.1) is 25.5 Å². The van der Waals surface area contributed by atoms with Crippen LogP contribution in [0.25, 0.3) is 5.70 Å². The molecule has 0 spiro atoms. The number of hydrogen-bond donors (Lipinski definition) is 2. The highest BCUT2D eigenvalue weighted by atomic mass is 16.6.